The topological polar surface area (TPSA) is 48.4 Å². The highest BCUT2D eigenvalue weighted by Crippen LogP contribution is 2.37. The molecular formula is C27H25NO3S. The van der Waals surface area contributed by atoms with E-state index in [2.05, 4.69) is 31.2 Å². The zero-order chi connectivity index (χ0) is 22.5. The van der Waals surface area contributed by atoms with E-state index >= 15 is 0 Å². The quantitative estimate of drug-likeness (QED) is 0.241. The summed E-state index contributed by atoms with van der Waals surface area (Å²) in [5, 5.41) is 1.40. The Morgan fingerprint density at radius 1 is 0.906 bits per heavy atom. The molecule has 0 saturated carbocycles. The number of para-hydroxylation sites is 1. The van der Waals surface area contributed by atoms with Gasteiger partial charge in [-0.3, -0.25) is 0 Å². The van der Waals surface area contributed by atoms with Gasteiger partial charge in [-0.2, -0.15) is 0 Å². The van der Waals surface area contributed by atoms with Gasteiger partial charge in [0.1, 0.15) is 22.9 Å². The summed E-state index contributed by atoms with van der Waals surface area (Å²) in [6, 6.07) is 24.2. The second kappa shape index (κ2) is 9.88. The number of fused-ring (bicyclic) bond motifs is 1. The molecule has 1 heterocycles. The Morgan fingerprint density at radius 3 is 2.31 bits per heavy atom. The van der Waals surface area contributed by atoms with Crippen LogP contribution in [0.2, 0.25) is 0 Å². The normalized spacial score (nSPS) is 10.8. The Balaban J connectivity index is 1.75. The summed E-state index contributed by atoms with van der Waals surface area (Å²) < 4.78 is 11.4. The lowest BCUT2D eigenvalue weighted by molar-refractivity contribution is 0.0590. The number of rotatable bonds is 7. The number of ether oxygens (including phenoxy) is 2. The average Bonchev–Trinajstić information content (AvgIpc) is 2.80. The molecule has 0 aliphatic rings. The standard InChI is InChI=1S/C27H25NO3S/c1-18-8-6-10-20(14-18)16-31-25-22-12-4-5-13-23(22)28-26(24(25)27(29)30-3)32-17-21-11-7-9-19(2)15-21/h4-15H,16-17H2,1-3H3. The molecule has 5 heteroatoms. The number of hydrogen-bond donors (Lipinski definition) is 0. The van der Waals surface area contributed by atoms with E-state index in [0.29, 0.717) is 28.7 Å². The maximum atomic E-state index is 12.9. The molecule has 0 unspecified atom stereocenters. The Bertz CT molecular complexity index is 1270. The number of aromatic nitrogens is 1. The lowest BCUT2D eigenvalue weighted by Gasteiger charge is -2.16. The number of benzene rings is 3. The number of carbonyl (C=O) groups excluding carboxylic acids is 1. The van der Waals surface area contributed by atoms with Crippen LogP contribution in [-0.2, 0) is 17.1 Å². The van der Waals surface area contributed by atoms with Gasteiger partial charge in [0.2, 0.25) is 0 Å². The first-order valence-electron chi connectivity index (χ1n) is 10.4. The number of pyridine rings is 1. The lowest BCUT2D eigenvalue weighted by atomic mass is 10.1. The zero-order valence-electron chi connectivity index (χ0n) is 18.4. The summed E-state index contributed by atoms with van der Waals surface area (Å²) in [5.74, 6) is 0.749. The predicted octanol–water partition coefficient (Wildman–Crippen LogP) is 6.51. The molecular weight excluding hydrogens is 418 g/mol. The van der Waals surface area contributed by atoms with Crippen molar-refractivity contribution in [1.29, 1.82) is 0 Å². The molecule has 0 aliphatic carbocycles. The van der Waals surface area contributed by atoms with Crippen molar-refractivity contribution >= 4 is 28.6 Å². The van der Waals surface area contributed by atoms with E-state index in [1.807, 2.05) is 55.5 Å². The molecule has 0 aliphatic heterocycles. The zero-order valence-corrected chi connectivity index (χ0v) is 19.2. The molecule has 0 atom stereocenters. The Kier molecular flexibility index (Phi) is 6.76. The van der Waals surface area contributed by atoms with Crippen molar-refractivity contribution in [2.45, 2.75) is 31.2 Å². The van der Waals surface area contributed by atoms with Crippen LogP contribution >= 0.6 is 11.8 Å². The first-order chi connectivity index (χ1) is 15.5. The van der Waals surface area contributed by atoms with Crippen LogP contribution < -0.4 is 4.74 Å². The predicted molar refractivity (Wildman–Crippen MR) is 129 cm³/mol. The molecule has 0 amide bonds. The second-order valence-corrected chi connectivity index (χ2v) is 8.65. The number of carbonyl (C=O) groups is 1. The summed E-state index contributed by atoms with van der Waals surface area (Å²) >= 11 is 1.51. The van der Waals surface area contributed by atoms with Crippen molar-refractivity contribution in [3.05, 3.63) is 101 Å². The minimum Gasteiger partial charge on any atom is -0.487 e. The van der Waals surface area contributed by atoms with Crippen LogP contribution in [-0.4, -0.2) is 18.1 Å². The molecule has 1 aromatic heterocycles. The van der Waals surface area contributed by atoms with Gasteiger partial charge in [0, 0.05) is 11.1 Å². The molecule has 162 valence electrons. The molecule has 0 radical (unpaired) electrons. The molecule has 0 N–H and O–H groups in total. The molecule has 4 nitrogen and oxygen atoms in total. The van der Waals surface area contributed by atoms with Crippen molar-refractivity contribution < 1.29 is 14.3 Å². The second-order valence-electron chi connectivity index (χ2n) is 7.69. The van der Waals surface area contributed by atoms with E-state index in [9.17, 15) is 4.79 Å². The van der Waals surface area contributed by atoms with Crippen LogP contribution in [0.15, 0.2) is 77.8 Å². The maximum absolute atomic E-state index is 12.9. The number of thioether (sulfide) groups is 1. The van der Waals surface area contributed by atoms with Gasteiger partial charge in [0.25, 0.3) is 0 Å². The van der Waals surface area contributed by atoms with Gasteiger partial charge in [-0.15, -0.1) is 11.8 Å². The van der Waals surface area contributed by atoms with Crippen molar-refractivity contribution in [2.24, 2.45) is 0 Å². The summed E-state index contributed by atoms with van der Waals surface area (Å²) in [6.07, 6.45) is 0. The van der Waals surface area contributed by atoms with E-state index < -0.39 is 5.97 Å². The fourth-order valence-electron chi connectivity index (χ4n) is 3.61. The molecule has 0 saturated heterocycles. The van der Waals surface area contributed by atoms with Crippen LogP contribution in [0.1, 0.15) is 32.6 Å². The van der Waals surface area contributed by atoms with Gasteiger partial charge in [-0.25, -0.2) is 9.78 Å². The summed E-state index contributed by atoms with van der Waals surface area (Å²) in [4.78, 5) is 17.7. The Labute approximate surface area is 192 Å². The van der Waals surface area contributed by atoms with Crippen LogP contribution in [0.5, 0.6) is 5.75 Å². The molecule has 0 fully saturated rings. The van der Waals surface area contributed by atoms with Gasteiger partial charge in [-0.05, 0) is 37.1 Å². The highest BCUT2D eigenvalue weighted by Gasteiger charge is 2.24. The Hall–Kier alpha value is -3.31. The molecule has 32 heavy (non-hydrogen) atoms. The highest BCUT2D eigenvalue weighted by molar-refractivity contribution is 7.98. The SMILES string of the molecule is COC(=O)c1c(SCc2cccc(C)c2)nc2ccccc2c1OCc1cccc(C)c1. The largest absolute Gasteiger partial charge is 0.487 e. The molecule has 4 aromatic rings. The third-order valence-electron chi connectivity index (χ3n) is 5.12. The van der Waals surface area contributed by atoms with Gasteiger partial charge in [0.15, 0.2) is 0 Å². The van der Waals surface area contributed by atoms with Crippen LogP contribution in [0.25, 0.3) is 10.9 Å². The molecule has 0 bridgehead atoms. The Morgan fingerprint density at radius 2 is 1.59 bits per heavy atom. The van der Waals surface area contributed by atoms with E-state index in [1.54, 1.807) is 0 Å². The van der Waals surface area contributed by atoms with Gasteiger partial charge in [0.05, 0.1) is 12.6 Å². The minimum absolute atomic E-state index is 0.349. The number of methoxy groups -OCH3 is 1. The third kappa shape index (κ3) is 4.94. The van der Waals surface area contributed by atoms with Gasteiger partial charge >= 0.3 is 5.97 Å². The molecule has 3 aromatic carbocycles. The van der Waals surface area contributed by atoms with E-state index in [4.69, 9.17) is 14.5 Å². The summed E-state index contributed by atoms with van der Waals surface area (Å²) in [7, 11) is 1.39. The third-order valence-corrected chi connectivity index (χ3v) is 6.17. The maximum Gasteiger partial charge on any atom is 0.344 e. The minimum atomic E-state index is -0.450. The summed E-state index contributed by atoms with van der Waals surface area (Å²) in [5.41, 5.74) is 5.72. The van der Waals surface area contributed by atoms with E-state index in [-0.39, 0.29) is 0 Å². The van der Waals surface area contributed by atoms with Crippen LogP contribution in [0.4, 0.5) is 0 Å². The van der Waals surface area contributed by atoms with Gasteiger partial charge < -0.3 is 9.47 Å². The van der Waals surface area contributed by atoms with Crippen molar-refractivity contribution in [2.75, 3.05) is 7.11 Å². The van der Waals surface area contributed by atoms with E-state index in [0.717, 1.165) is 22.0 Å². The fourth-order valence-corrected chi connectivity index (χ4v) is 4.57. The van der Waals surface area contributed by atoms with Crippen LogP contribution in [0, 0.1) is 13.8 Å². The highest BCUT2D eigenvalue weighted by atomic mass is 32.2. The number of esters is 1. The average molecular weight is 444 g/mol. The number of nitrogens with zero attached hydrogens (tertiary/aromatic N) is 1. The monoisotopic (exact) mass is 443 g/mol. The van der Waals surface area contributed by atoms with Crippen molar-refractivity contribution in [3.8, 4) is 5.75 Å². The van der Waals surface area contributed by atoms with Crippen LogP contribution in [0.3, 0.4) is 0 Å². The lowest BCUT2D eigenvalue weighted by Crippen LogP contribution is -2.10. The number of aryl methyl sites for hydroxylation is 2. The van der Waals surface area contributed by atoms with Gasteiger partial charge in [-0.1, -0.05) is 71.8 Å². The van der Waals surface area contributed by atoms with Crippen molar-refractivity contribution in [3.63, 3.8) is 0 Å². The first kappa shape index (κ1) is 21.9. The fraction of sp³-hybridized carbons (Fsp3) is 0.185. The molecule has 4 rings (SSSR count). The smallest absolute Gasteiger partial charge is 0.344 e. The first-order valence-corrected chi connectivity index (χ1v) is 11.4. The number of hydrogen-bond acceptors (Lipinski definition) is 5. The van der Waals surface area contributed by atoms with Crippen molar-refractivity contribution in [1.82, 2.24) is 4.98 Å². The van der Waals surface area contributed by atoms with E-state index in [1.165, 1.54) is 30.0 Å². The molecule has 0 spiro atoms. The summed E-state index contributed by atoms with van der Waals surface area (Å²) in [6.45, 7) is 4.46.